The van der Waals surface area contributed by atoms with E-state index in [9.17, 15) is 0 Å². The minimum absolute atomic E-state index is 0.629. The molecular weight excluding hydrogens is 234 g/mol. The molecule has 4 heteroatoms. The number of hydrogen-bond donors (Lipinski definition) is 1. The monoisotopic (exact) mass is 247 g/mol. The predicted molar refractivity (Wildman–Crippen MR) is 72.0 cm³/mol. The van der Waals surface area contributed by atoms with E-state index in [1.54, 1.807) is 12.4 Å². The van der Waals surface area contributed by atoms with Crippen LogP contribution in [0.15, 0.2) is 37.2 Å². The van der Waals surface area contributed by atoms with E-state index in [0.717, 1.165) is 21.8 Å². The summed E-state index contributed by atoms with van der Waals surface area (Å²) >= 11 is 6.09. The van der Waals surface area contributed by atoms with E-state index in [-0.39, 0.29) is 0 Å². The molecule has 2 rings (SSSR count). The largest absolute Gasteiger partial charge is 0.383 e. The van der Waals surface area contributed by atoms with Gasteiger partial charge in [-0.1, -0.05) is 29.8 Å². The molecule has 0 bridgehead atoms. The SMILES string of the molecule is C=CCn1cnc(-c2ccc(C)c(Cl)c2)c1N. The maximum Gasteiger partial charge on any atom is 0.131 e. The van der Waals surface area contributed by atoms with Crippen molar-refractivity contribution in [2.24, 2.45) is 0 Å². The summed E-state index contributed by atoms with van der Waals surface area (Å²) in [5, 5.41) is 0.722. The van der Waals surface area contributed by atoms with Crippen LogP contribution in [-0.4, -0.2) is 9.55 Å². The van der Waals surface area contributed by atoms with Crippen LogP contribution in [0.1, 0.15) is 5.56 Å². The average Bonchev–Trinajstić information content (AvgIpc) is 2.66. The second-order valence-corrected chi connectivity index (χ2v) is 4.29. The number of rotatable bonds is 3. The quantitative estimate of drug-likeness (QED) is 0.846. The maximum atomic E-state index is 6.09. The van der Waals surface area contributed by atoms with Crippen molar-refractivity contribution in [1.82, 2.24) is 9.55 Å². The van der Waals surface area contributed by atoms with Crippen LogP contribution in [0.2, 0.25) is 5.02 Å². The van der Waals surface area contributed by atoms with Crippen LogP contribution in [0.4, 0.5) is 5.82 Å². The van der Waals surface area contributed by atoms with Crippen molar-refractivity contribution < 1.29 is 0 Å². The summed E-state index contributed by atoms with van der Waals surface area (Å²) in [6, 6.07) is 5.82. The highest BCUT2D eigenvalue weighted by Crippen LogP contribution is 2.28. The van der Waals surface area contributed by atoms with Crippen molar-refractivity contribution in [3.8, 4) is 11.3 Å². The summed E-state index contributed by atoms with van der Waals surface area (Å²) in [4.78, 5) is 4.31. The van der Waals surface area contributed by atoms with Crippen LogP contribution in [-0.2, 0) is 6.54 Å². The third-order valence-electron chi connectivity index (χ3n) is 2.65. The highest BCUT2D eigenvalue weighted by atomic mass is 35.5. The maximum absolute atomic E-state index is 6.09. The van der Waals surface area contributed by atoms with Crippen LogP contribution in [0, 0.1) is 6.92 Å². The van der Waals surface area contributed by atoms with Gasteiger partial charge in [0.2, 0.25) is 0 Å². The Bertz CT molecular complexity index is 558. The topological polar surface area (TPSA) is 43.8 Å². The summed E-state index contributed by atoms with van der Waals surface area (Å²) < 4.78 is 1.84. The first-order valence-corrected chi connectivity index (χ1v) is 5.69. The first-order chi connectivity index (χ1) is 8.13. The van der Waals surface area contributed by atoms with Gasteiger partial charge in [0.05, 0.1) is 6.33 Å². The van der Waals surface area contributed by atoms with E-state index in [1.807, 2.05) is 29.7 Å². The number of nitrogens with zero attached hydrogens (tertiary/aromatic N) is 2. The van der Waals surface area contributed by atoms with Crippen molar-refractivity contribution in [2.45, 2.75) is 13.5 Å². The van der Waals surface area contributed by atoms with Gasteiger partial charge >= 0.3 is 0 Å². The van der Waals surface area contributed by atoms with Crippen molar-refractivity contribution in [2.75, 3.05) is 5.73 Å². The highest BCUT2D eigenvalue weighted by Gasteiger charge is 2.10. The number of hydrogen-bond acceptors (Lipinski definition) is 2. The number of aryl methyl sites for hydroxylation is 1. The normalized spacial score (nSPS) is 10.5. The molecule has 0 saturated carbocycles. The lowest BCUT2D eigenvalue weighted by Gasteiger charge is -2.04. The van der Waals surface area contributed by atoms with Gasteiger partial charge in [0.25, 0.3) is 0 Å². The molecule has 2 aromatic rings. The molecule has 1 aromatic heterocycles. The van der Waals surface area contributed by atoms with Gasteiger partial charge in [0.15, 0.2) is 0 Å². The second-order valence-electron chi connectivity index (χ2n) is 3.88. The molecule has 3 nitrogen and oxygen atoms in total. The zero-order valence-corrected chi connectivity index (χ0v) is 10.4. The molecule has 17 heavy (non-hydrogen) atoms. The fourth-order valence-corrected chi connectivity index (χ4v) is 1.82. The molecule has 88 valence electrons. The molecule has 0 aliphatic heterocycles. The van der Waals surface area contributed by atoms with E-state index in [1.165, 1.54) is 0 Å². The van der Waals surface area contributed by atoms with Gasteiger partial charge in [-0.25, -0.2) is 4.98 Å². The molecule has 0 radical (unpaired) electrons. The molecule has 1 aromatic carbocycles. The Morgan fingerprint density at radius 2 is 2.29 bits per heavy atom. The Morgan fingerprint density at radius 3 is 2.94 bits per heavy atom. The van der Waals surface area contributed by atoms with Crippen LogP contribution in [0.3, 0.4) is 0 Å². The minimum Gasteiger partial charge on any atom is -0.383 e. The first-order valence-electron chi connectivity index (χ1n) is 5.31. The molecule has 2 N–H and O–H groups in total. The Hall–Kier alpha value is -1.74. The first kappa shape index (κ1) is 11.7. The van der Waals surface area contributed by atoms with Crippen molar-refractivity contribution in [3.05, 3.63) is 47.8 Å². The van der Waals surface area contributed by atoms with Gasteiger partial charge in [0.1, 0.15) is 11.5 Å². The molecule has 0 aliphatic rings. The number of allylic oxidation sites excluding steroid dienone is 1. The molecule has 0 amide bonds. The number of aromatic nitrogens is 2. The molecule has 0 spiro atoms. The number of benzene rings is 1. The van der Waals surface area contributed by atoms with E-state index in [4.69, 9.17) is 17.3 Å². The van der Waals surface area contributed by atoms with Crippen LogP contribution in [0.5, 0.6) is 0 Å². The lowest BCUT2D eigenvalue weighted by atomic mass is 10.1. The predicted octanol–water partition coefficient (Wildman–Crippen LogP) is 3.28. The van der Waals surface area contributed by atoms with Gasteiger partial charge < -0.3 is 10.3 Å². The fraction of sp³-hybridized carbons (Fsp3) is 0.154. The molecule has 0 saturated heterocycles. The molecule has 0 aliphatic carbocycles. The third-order valence-corrected chi connectivity index (χ3v) is 3.06. The smallest absolute Gasteiger partial charge is 0.131 e. The van der Waals surface area contributed by atoms with Gasteiger partial charge in [-0.3, -0.25) is 0 Å². The van der Waals surface area contributed by atoms with Crippen LogP contribution in [0.25, 0.3) is 11.3 Å². The van der Waals surface area contributed by atoms with Crippen molar-refractivity contribution >= 4 is 17.4 Å². The molecule has 0 atom stereocenters. The summed E-state index contributed by atoms with van der Waals surface area (Å²) in [5.74, 6) is 0.629. The lowest BCUT2D eigenvalue weighted by molar-refractivity contribution is 0.833. The Labute approximate surface area is 106 Å². The number of imidazole rings is 1. The van der Waals surface area contributed by atoms with Gasteiger partial charge in [-0.2, -0.15) is 0 Å². The number of nitrogen functional groups attached to an aromatic ring is 1. The number of halogens is 1. The van der Waals surface area contributed by atoms with Crippen LogP contribution < -0.4 is 5.73 Å². The Balaban J connectivity index is 2.46. The summed E-state index contributed by atoms with van der Waals surface area (Å²) in [6.07, 6.45) is 3.49. The van der Waals surface area contributed by atoms with E-state index >= 15 is 0 Å². The minimum atomic E-state index is 0.629. The number of nitrogens with two attached hydrogens (primary N) is 1. The lowest BCUT2D eigenvalue weighted by Crippen LogP contribution is -2.00. The average molecular weight is 248 g/mol. The van der Waals surface area contributed by atoms with Gasteiger partial charge in [0, 0.05) is 17.1 Å². The zero-order chi connectivity index (χ0) is 12.4. The van der Waals surface area contributed by atoms with Crippen LogP contribution >= 0.6 is 11.6 Å². The summed E-state index contributed by atoms with van der Waals surface area (Å²) in [7, 11) is 0. The molecular formula is C13H14ClN3. The summed E-state index contributed by atoms with van der Waals surface area (Å²) in [6.45, 7) is 6.29. The molecule has 1 heterocycles. The van der Waals surface area contributed by atoms with E-state index in [0.29, 0.717) is 12.4 Å². The fourth-order valence-electron chi connectivity index (χ4n) is 1.64. The number of anilines is 1. The standard InChI is InChI=1S/C13H14ClN3/c1-3-6-17-8-16-12(13(17)15)10-5-4-9(2)11(14)7-10/h3-5,7-8H,1,6,15H2,2H3. The zero-order valence-electron chi connectivity index (χ0n) is 9.65. The van der Waals surface area contributed by atoms with Gasteiger partial charge in [-0.15, -0.1) is 6.58 Å². The Morgan fingerprint density at radius 1 is 1.53 bits per heavy atom. The van der Waals surface area contributed by atoms with Crippen molar-refractivity contribution in [1.29, 1.82) is 0 Å². The second kappa shape index (κ2) is 4.63. The van der Waals surface area contributed by atoms with Crippen molar-refractivity contribution in [3.63, 3.8) is 0 Å². The summed E-state index contributed by atoms with van der Waals surface area (Å²) in [5.41, 5.74) is 8.75. The van der Waals surface area contributed by atoms with Gasteiger partial charge in [-0.05, 0) is 18.6 Å². The highest BCUT2D eigenvalue weighted by molar-refractivity contribution is 6.31. The molecule has 0 unspecified atom stereocenters. The third kappa shape index (κ3) is 2.19. The van der Waals surface area contributed by atoms with E-state index < -0.39 is 0 Å². The van der Waals surface area contributed by atoms with E-state index in [2.05, 4.69) is 11.6 Å². The molecule has 0 fully saturated rings. The Kier molecular flexibility index (Phi) is 3.20.